The number of nitrogens with zero attached hydrogens (tertiary/aromatic N) is 2. The fourth-order valence-electron chi connectivity index (χ4n) is 6.04. The molecule has 4 unspecified atom stereocenters. The normalized spacial score (nSPS) is 22.4. The Kier molecular flexibility index (Phi) is 8.40. The number of carbonyl (C=O) groups excluding carboxylic acids is 3. The molecule has 3 aromatic carbocycles. The van der Waals surface area contributed by atoms with Gasteiger partial charge in [-0.3, -0.25) is 29.8 Å². The van der Waals surface area contributed by atoms with Crippen LogP contribution in [0.5, 0.6) is 11.5 Å². The van der Waals surface area contributed by atoms with E-state index in [0.29, 0.717) is 5.56 Å². The summed E-state index contributed by atoms with van der Waals surface area (Å²) >= 11 is 0. The predicted molar refractivity (Wildman–Crippen MR) is 154 cm³/mol. The Morgan fingerprint density at radius 3 is 2.37 bits per heavy atom. The van der Waals surface area contributed by atoms with Crippen molar-refractivity contribution in [2.75, 3.05) is 11.4 Å². The molecule has 13 nitrogen and oxygen atoms in total. The fourth-order valence-corrected chi connectivity index (χ4v) is 6.04. The molecule has 16 heteroatoms. The van der Waals surface area contributed by atoms with Crippen LogP contribution in [0.25, 0.3) is 0 Å². The van der Waals surface area contributed by atoms with Crippen LogP contribution in [-0.4, -0.2) is 45.9 Å². The summed E-state index contributed by atoms with van der Waals surface area (Å²) in [7, 11) is 0. The number of aliphatic carboxylic acids is 1. The maximum atomic E-state index is 14.0. The highest BCUT2D eigenvalue weighted by Crippen LogP contribution is 2.52. The number of halogens is 3. The molecule has 0 spiro atoms. The molecule has 4 amide bonds. The van der Waals surface area contributed by atoms with Crippen LogP contribution in [0.3, 0.4) is 0 Å². The van der Waals surface area contributed by atoms with E-state index in [2.05, 4.69) is 10.6 Å². The molecule has 240 valence electrons. The minimum Gasteiger partial charge on any atom is -0.480 e. The quantitative estimate of drug-likeness (QED) is 0.109. The number of hydrogen-bond donors (Lipinski definition) is 4. The van der Waals surface area contributed by atoms with Gasteiger partial charge >= 0.3 is 18.2 Å². The molecule has 5 N–H and O–H groups in total. The zero-order chi connectivity index (χ0) is 33.4. The van der Waals surface area contributed by atoms with Crippen LogP contribution in [0.15, 0.2) is 72.8 Å². The highest BCUT2D eigenvalue weighted by Gasteiger charge is 2.68. The molecule has 4 atom stereocenters. The average molecular weight is 642 g/mol. The van der Waals surface area contributed by atoms with Crippen molar-refractivity contribution in [3.63, 3.8) is 0 Å². The SMILES string of the molecule is NC(=O)NCCCC1(C(=O)O)NC(c2cccc(Oc3cccc(C(F)(F)F)c3)c2)C2C(=O)N(c3cccc([N+](=O)[O-])c3)C(=O)C21. The molecule has 0 bridgehead atoms. The van der Waals surface area contributed by atoms with E-state index in [4.69, 9.17) is 10.5 Å². The number of nitrogens with one attached hydrogen (secondary N) is 2. The molecule has 0 aromatic heterocycles. The number of carbonyl (C=O) groups is 4. The summed E-state index contributed by atoms with van der Waals surface area (Å²) < 4.78 is 45.4. The van der Waals surface area contributed by atoms with Crippen molar-refractivity contribution < 1.29 is 47.1 Å². The van der Waals surface area contributed by atoms with Gasteiger partial charge in [-0.1, -0.05) is 24.3 Å². The number of nitrogens with two attached hydrogens (primary N) is 1. The standard InChI is InChI=1S/C30H26F3N5O8/c31-30(32,33)17-6-2-10-21(14-17)46-20-9-1-5-16(13-20)24-22-23(29(36-24,27(41)42)11-4-12-35-28(34)43)26(40)37(25(22)39)18-7-3-8-19(15-18)38(44)45/h1-3,5-10,13-15,22-24,36H,4,11-12H2,(H,41,42)(H3,34,35,43). The van der Waals surface area contributed by atoms with Gasteiger partial charge in [-0.15, -0.1) is 0 Å². The smallest absolute Gasteiger partial charge is 0.416 e. The number of anilines is 1. The zero-order valence-electron chi connectivity index (χ0n) is 23.7. The predicted octanol–water partition coefficient (Wildman–Crippen LogP) is 4.13. The van der Waals surface area contributed by atoms with Crippen molar-refractivity contribution in [1.82, 2.24) is 10.6 Å². The van der Waals surface area contributed by atoms with Gasteiger partial charge < -0.3 is 20.9 Å². The second kappa shape index (κ2) is 12.1. The molecule has 3 aromatic rings. The van der Waals surface area contributed by atoms with Gasteiger partial charge in [0.2, 0.25) is 11.8 Å². The van der Waals surface area contributed by atoms with Crippen molar-refractivity contribution in [1.29, 1.82) is 0 Å². The monoisotopic (exact) mass is 641 g/mol. The number of imide groups is 1. The van der Waals surface area contributed by atoms with Gasteiger partial charge in [0.1, 0.15) is 17.0 Å². The molecular weight excluding hydrogens is 615 g/mol. The highest BCUT2D eigenvalue weighted by atomic mass is 19.4. The Morgan fingerprint density at radius 1 is 1.04 bits per heavy atom. The molecular formula is C30H26F3N5O8. The first kappa shape index (κ1) is 31.9. The van der Waals surface area contributed by atoms with Gasteiger partial charge in [0, 0.05) is 24.7 Å². The summed E-state index contributed by atoms with van der Waals surface area (Å²) in [5, 5.41) is 27.3. The molecule has 2 aliphatic rings. The molecule has 0 aliphatic carbocycles. The van der Waals surface area contributed by atoms with Gasteiger partial charge in [-0.2, -0.15) is 13.2 Å². The lowest BCUT2D eigenvalue weighted by atomic mass is 9.77. The summed E-state index contributed by atoms with van der Waals surface area (Å²) in [5.41, 5.74) is 1.92. The van der Waals surface area contributed by atoms with Crippen molar-refractivity contribution in [2.45, 2.75) is 30.6 Å². The number of urea groups is 1. The molecule has 0 radical (unpaired) electrons. The third-order valence-electron chi connectivity index (χ3n) is 8.00. The lowest BCUT2D eigenvalue weighted by Crippen LogP contribution is -2.56. The molecule has 2 heterocycles. The third-order valence-corrected chi connectivity index (χ3v) is 8.00. The van der Waals surface area contributed by atoms with Gasteiger partial charge in [0.05, 0.1) is 28.0 Å². The van der Waals surface area contributed by atoms with E-state index in [-0.39, 0.29) is 36.6 Å². The second-order valence-electron chi connectivity index (χ2n) is 10.8. The Bertz CT molecular complexity index is 1730. The van der Waals surface area contributed by atoms with Crippen LogP contribution in [-0.2, 0) is 20.6 Å². The molecule has 46 heavy (non-hydrogen) atoms. The first-order valence-corrected chi connectivity index (χ1v) is 13.8. The van der Waals surface area contributed by atoms with E-state index in [9.17, 15) is 47.6 Å². The number of ether oxygens (including phenoxy) is 1. The van der Waals surface area contributed by atoms with Crippen molar-refractivity contribution in [3.8, 4) is 11.5 Å². The van der Waals surface area contributed by atoms with E-state index in [1.807, 2.05) is 0 Å². The first-order valence-electron chi connectivity index (χ1n) is 13.8. The number of carboxylic acid groups (broad SMARTS) is 1. The van der Waals surface area contributed by atoms with Crippen molar-refractivity contribution in [3.05, 3.63) is 94.0 Å². The number of nitro groups is 1. The van der Waals surface area contributed by atoms with E-state index in [0.717, 1.165) is 23.1 Å². The molecule has 2 saturated heterocycles. The maximum absolute atomic E-state index is 14.0. The number of non-ortho nitro benzene ring substituents is 1. The minimum absolute atomic E-state index is 0.0366. The Balaban J connectivity index is 1.55. The van der Waals surface area contributed by atoms with Gasteiger partial charge in [0.15, 0.2) is 0 Å². The van der Waals surface area contributed by atoms with Crippen LogP contribution < -0.4 is 26.0 Å². The van der Waals surface area contributed by atoms with Gasteiger partial charge in [0.25, 0.3) is 5.69 Å². The third kappa shape index (κ3) is 5.93. The lowest BCUT2D eigenvalue weighted by Gasteiger charge is -2.31. The van der Waals surface area contributed by atoms with E-state index < -0.39 is 69.6 Å². The number of alkyl halides is 3. The molecule has 0 saturated carbocycles. The van der Waals surface area contributed by atoms with E-state index >= 15 is 0 Å². The Morgan fingerprint density at radius 2 is 1.72 bits per heavy atom. The zero-order valence-corrected chi connectivity index (χ0v) is 23.7. The number of primary amides is 1. The maximum Gasteiger partial charge on any atom is 0.416 e. The summed E-state index contributed by atoms with van der Waals surface area (Å²) in [6, 6.07) is 12.9. The summed E-state index contributed by atoms with van der Waals surface area (Å²) in [5.74, 6) is -6.01. The van der Waals surface area contributed by atoms with Crippen molar-refractivity contribution >= 4 is 35.2 Å². The average Bonchev–Trinajstić information content (AvgIpc) is 3.48. The van der Waals surface area contributed by atoms with Crippen LogP contribution >= 0.6 is 0 Å². The number of carboxylic acids is 1. The molecule has 5 rings (SSSR count). The Hall–Kier alpha value is -5.51. The first-order chi connectivity index (χ1) is 21.7. The summed E-state index contributed by atoms with van der Waals surface area (Å²) in [6.07, 6.45) is -4.81. The number of amides is 4. The number of benzene rings is 3. The van der Waals surface area contributed by atoms with E-state index in [1.54, 1.807) is 0 Å². The van der Waals surface area contributed by atoms with Crippen LogP contribution in [0.1, 0.15) is 30.0 Å². The van der Waals surface area contributed by atoms with Crippen molar-refractivity contribution in [2.24, 2.45) is 17.6 Å². The van der Waals surface area contributed by atoms with E-state index in [1.165, 1.54) is 54.6 Å². The second-order valence-corrected chi connectivity index (χ2v) is 10.8. The highest BCUT2D eigenvalue weighted by molar-refractivity contribution is 6.24. The van der Waals surface area contributed by atoms with Gasteiger partial charge in [-0.25, -0.2) is 9.69 Å². The molecule has 2 aliphatic heterocycles. The number of rotatable bonds is 10. The van der Waals surface area contributed by atoms with Gasteiger partial charge in [-0.05, 0) is 54.8 Å². The number of nitro benzene ring substituents is 1. The van der Waals surface area contributed by atoms with Crippen LogP contribution in [0.2, 0.25) is 0 Å². The fraction of sp³-hybridized carbons (Fsp3) is 0.267. The molecule has 2 fully saturated rings. The summed E-state index contributed by atoms with van der Waals surface area (Å²) in [4.78, 5) is 63.5. The Labute approximate surface area is 258 Å². The number of fused-ring (bicyclic) bond motifs is 1. The number of hydrogen-bond acceptors (Lipinski definition) is 8. The largest absolute Gasteiger partial charge is 0.480 e. The lowest BCUT2D eigenvalue weighted by molar-refractivity contribution is -0.384. The van der Waals surface area contributed by atoms with Crippen LogP contribution in [0.4, 0.5) is 29.3 Å². The topological polar surface area (TPSA) is 194 Å². The minimum atomic E-state index is -4.61. The summed E-state index contributed by atoms with van der Waals surface area (Å²) in [6.45, 7) is -0.0366. The van der Waals surface area contributed by atoms with Crippen LogP contribution in [0, 0.1) is 22.0 Å².